The van der Waals surface area contributed by atoms with E-state index >= 15 is 0 Å². The largest absolute Gasteiger partial charge is 0.462 e. The topological polar surface area (TPSA) is 68.7 Å². The van der Waals surface area contributed by atoms with Crippen molar-refractivity contribution in [2.24, 2.45) is 0 Å². The molecule has 0 bridgehead atoms. The molecule has 25 heavy (non-hydrogen) atoms. The molecule has 0 saturated carbocycles. The minimum absolute atomic E-state index is 0.266. The molecule has 0 aliphatic rings. The molecule has 1 heterocycles. The number of pyridine rings is 1. The van der Waals surface area contributed by atoms with Gasteiger partial charge in [0.1, 0.15) is 0 Å². The van der Waals surface area contributed by atoms with Crippen LogP contribution in [-0.4, -0.2) is 44.2 Å². The fraction of sp³-hybridized carbons (Fsp3) is 0.316. The van der Waals surface area contributed by atoms with Crippen molar-refractivity contribution in [3.63, 3.8) is 0 Å². The van der Waals surface area contributed by atoms with Gasteiger partial charge in [-0.3, -0.25) is 4.98 Å². The SMILES string of the molecule is CCOC(=O)c1ccc(N(C)C)cc1.CCOC(=O)c1cccnc1. The highest BCUT2D eigenvalue weighted by atomic mass is 16.5. The molecule has 1 aromatic carbocycles. The number of nitrogens with zero attached hydrogens (tertiary/aromatic N) is 2. The third-order valence-corrected chi connectivity index (χ3v) is 3.07. The zero-order valence-electron chi connectivity index (χ0n) is 15.1. The van der Waals surface area contributed by atoms with Gasteiger partial charge in [0.25, 0.3) is 0 Å². The van der Waals surface area contributed by atoms with Gasteiger partial charge < -0.3 is 14.4 Å². The summed E-state index contributed by atoms with van der Waals surface area (Å²) in [5.74, 6) is -0.585. The van der Waals surface area contributed by atoms with E-state index in [1.165, 1.54) is 6.20 Å². The molecule has 0 N–H and O–H groups in total. The van der Waals surface area contributed by atoms with Crippen molar-refractivity contribution in [2.45, 2.75) is 13.8 Å². The molecule has 0 unspecified atom stereocenters. The van der Waals surface area contributed by atoms with E-state index in [1.54, 1.807) is 44.3 Å². The summed E-state index contributed by atoms with van der Waals surface area (Å²) in [7, 11) is 3.92. The molecule has 0 aliphatic heterocycles. The summed E-state index contributed by atoms with van der Waals surface area (Å²) in [6, 6.07) is 10.7. The van der Waals surface area contributed by atoms with E-state index in [-0.39, 0.29) is 11.9 Å². The van der Waals surface area contributed by atoms with E-state index < -0.39 is 0 Å². The molecule has 0 amide bonds. The van der Waals surface area contributed by atoms with Crippen molar-refractivity contribution in [3.05, 3.63) is 59.9 Å². The fourth-order valence-electron chi connectivity index (χ4n) is 1.81. The molecule has 0 atom stereocenters. The van der Waals surface area contributed by atoms with Crippen LogP contribution in [-0.2, 0) is 9.47 Å². The molecular weight excluding hydrogens is 320 g/mol. The van der Waals surface area contributed by atoms with Gasteiger partial charge in [0, 0.05) is 32.2 Å². The first-order valence-corrected chi connectivity index (χ1v) is 8.01. The van der Waals surface area contributed by atoms with Gasteiger partial charge in [0.15, 0.2) is 0 Å². The van der Waals surface area contributed by atoms with Gasteiger partial charge in [-0.05, 0) is 50.2 Å². The van der Waals surface area contributed by atoms with E-state index in [0.717, 1.165) is 5.69 Å². The van der Waals surface area contributed by atoms with Gasteiger partial charge in [0.05, 0.1) is 24.3 Å². The van der Waals surface area contributed by atoms with Crippen LogP contribution in [0.1, 0.15) is 34.6 Å². The Balaban J connectivity index is 0.000000257. The van der Waals surface area contributed by atoms with Crippen LogP contribution in [0.4, 0.5) is 5.69 Å². The second kappa shape index (κ2) is 10.8. The van der Waals surface area contributed by atoms with E-state index in [9.17, 15) is 9.59 Å². The summed E-state index contributed by atoms with van der Waals surface area (Å²) in [4.78, 5) is 28.0. The van der Waals surface area contributed by atoms with Crippen LogP contribution in [0.2, 0.25) is 0 Å². The molecule has 6 heteroatoms. The third kappa shape index (κ3) is 7.03. The van der Waals surface area contributed by atoms with Gasteiger partial charge in [0.2, 0.25) is 0 Å². The van der Waals surface area contributed by atoms with E-state index in [2.05, 4.69) is 4.98 Å². The van der Waals surface area contributed by atoms with Crippen molar-refractivity contribution in [3.8, 4) is 0 Å². The second-order valence-corrected chi connectivity index (χ2v) is 5.12. The summed E-state index contributed by atoms with van der Waals surface area (Å²) >= 11 is 0. The first-order valence-electron chi connectivity index (χ1n) is 8.01. The first-order chi connectivity index (χ1) is 12.0. The number of aromatic nitrogens is 1. The zero-order valence-corrected chi connectivity index (χ0v) is 15.1. The highest BCUT2D eigenvalue weighted by Gasteiger charge is 2.05. The number of rotatable bonds is 5. The van der Waals surface area contributed by atoms with Gasteiger partial charge >= 0.3 is 11.9 Å². The average Bonchev–Trinajstić information content (AvgIpc) is 2.63. The molecule has 0 radical (unpaired) electrons. The molecule has 0 saturated heterocycles. The summed E-state index contributed by atoms with van der Waals surface area (Å²) in [6.45, 7) is 4.38. The molecule has 2 aromatic rings. The van der Waals surface area contributed by atoms with Crippen LogP contribution >= 0.6 is 0 Å². The van der Waals surface area contributed by atoms with Crippen LogP contribution in [0.5, 0.6) is 0 Å². The van der Waals surface area contributed by atoms with Crippen LogP contribution in [0.15, 0.2) is 48.8 Å². The number of hydrogen-bond donors (Lipinski definition) is 0. The smallest absolute Gasteiger partial charge is 0.339 e. The Morgan fingerprint density at radius 1 is 0.920 bits per heavy atom. The normalized spacial score (nSPS) is 9.44. The van der Waals surface area contributed by atoms with Crippen molar-refractivity contribution < 1.29 is 19.1 Å². The Morgan fingerprint density at radius 2 is 1.48 bits per heavy atom. The van der Waals surface area contributed by atoms with Gasteiger partial charge in [-0.1, -0.05) is 0 Å². The van der Waals surface area contributed by atoms with Gasteiger partial charge in [-0.15, -0.1) is 0 Å². The summed E-state index contributed by atoms with van der Waals surface area (Å²) in [5, 5.41) is 0. The molecule has 6 nitrogen and oxygen atoms in total. The summed E-state index contributed by atoms with van der Waals surface area (Å²) < 4.78 is 9.62. The Morgan fingerprint density at radius 3 is 1.92 bits per heavy atom. The molecule has 2 rings (SSSR count). The number of anilines is 1. The van der Waals surface area contributed by atoms with Crippen molar-refractivity contribution >= 4 is 17.6 Å². The zero-order chi connectivity index (χ0) is 18.7. The molecular formula is C19H24N2O4. The highest BCUT2D eigenvalue weighted by Crippen LogP contribution is 2.12. The Labute approximate surface area is 148 Å². The number of ether oxygens (including phenoxy) is 2. The lowest BCUT2D eigenvalue weighted by Gasteiger charge is -2.12. The second-order valence-electron chi connectivity index (χ2n) is 5.12. The van der Waals surface area contributed by atoms with Crippen molar-refractivity contribution in [1.82, 2.24) is 4.98 Å². The lowest BCUT2D eigenvalue weighted by molar-refractivity contribution is 0.0516. The average molecular weight is 344 g/mol. The van der Waals surface area contributed by atoms with Gasteiger partial charge in [-0.2, -0.15) is 0 Å². The van der Waals surface area contributed by atoms with E-state index in [4.69, 9.17) is 9.47 Å². The quantitative estimate of drug-likeness (QED) is 0.776. The fourth-order valence-corrected chi connectivity index (χ4v) is 1.81. The predicted molar refractivity (Wildman–Crippen MR) is 96.9 cm³/mol. The van der Waals surface area contributed by atoms with Crippen LogP contribution in [0, 0.1) is 0 Å². The van der Waals surface area contributed by atoms with Gasteiger partial charge in [-0.25, -0.2) is 9.59 Å². The standard InChI is InChI=1S/C11H15NO2.C8H9NO2/c1-4-14-11(13)9-5-7-10(8-6-9)12(2)3;1-2-11-8(10)7-4-3-5-9-6-7/h5-8H,4H2,1-3H3;3-6H,2H2,1H3. The van der Waals surface area contributed by atoms with Crippen LogP contribution in [0.3, 0.4) is 0 Å². The molecule has 0 aliphatic carbocycles. The lowest BCUT2D eigenvalue weighted by atomic mass is 10.2. The molecule has 134 valence electrons. The molecule has 1 aromatic heterocycles. The van der Waals surface area contributed by atoms with Crippen molar-refractivity contribution in [2.75, 3.05) is 32.2 Å². The van der Waals surface area contributed by atoms with E-state index in [0.29, 0.717) is 24.3 Å². The minimum atomic E-state index is -0.319. The number of esters is 2. The Hall–Kier alpha value is -2.89. The number of carbonyl (C=O) groups is 2. The third-order valence-electron chi connectivity index (χ3n) is 3.07. The first kappa shape index (κ1) is 20.2. The Kier molecular flexibility index (Phi) is 8.71. The highest BCUT2D eigenvalue weighted by molar-refractivity contribution is 5.90. The van der Waals surface area contributed by atoms with Crippen LogP contribution < -0.4 is 4.90 Å². The number of hydrogen-bond acceptors (Lipinski definition) is 6. The minimum Gasteiger partial charge on any atom is -0.462 e. The predicted octanol–water partition coefficient (Wildman–Crippen LogP) is 3.19. The maximum absolute atomic E-state index is 11.3. The number of benzene rings is 1. The number of carbonyl (C=O) groups excluding carboxylic acids is 2. The van der Waals surface area contributed by atoms with Crippen molar-refractivity contribution in [1.29, 1.82) is 0 Å². The maximum Gasteiger partial charge on any atom is 0.339 e. The van der Waals surface area contributed by atoms with Crippen LogP contribution in [0.25, 0.3) is 0 Å². The summed E-state index contributed by atoms with van der Waals surface area (Å²) in [6.07, 6.45) is 3.10. The maximum atomic E-state index is 11.3. The lowest BCUT2D eigenvalue weighted by Crippen LogP contribution is -2.09. The Bertz CT molecular complexity index is 655. The molecule has 0 fully saturated rings. The van der Waals surface area contributed by atoms with E-state index in [1.807, 2.05) is 31.1 Å². The summed E-state index contributed by atoms with van der Waals surface area (Å²) in [5.41, 5.74) is 2.16. The monoisotopic (exact) mass is 344 g/mol. The molecule has 0 spiro atoms.